The van der Waals surface area contributed by atoms with Crippen LogP contribution in [0.15, 0.2) is 48.5 Å². The fraction of sp³-hybridized carbons (Fsp3) is 0.500. The lowest BCUT2D eigenvalue weighted by molar-refractivity contribution is 0.0697. The predicted molar refractivity (Wildman–Crippen MR) is 138 cm³/mol. The van der Waals surface area contributed by atoms with Gasteiger partial charge in [0, 0.05) is 5.56 Å². The molecule has 0 heterocycles. The first kappa shape index (κ1) is 26.8. The number of carbonyl (C=O) groups is 1. The quantitative estimate of drug-likeness (QED) is 0.257. The molecular weight excluding hydrogens is 411 g/mol. The monoisotopic (exact) mass is 452 g/mol. The molecule has 0 amide bonds. The normalized spacial score (nSPS) is 11.7. The molecule has 0 saturated heterocycles. The number of aromatic carboxylic acids is 1. The summed E-state index contributed by atoms with van der Waals surface area (Å²) in [6, 6.07) is 12.8. The topological polar surface area (TPSA) is 37.3 Å². The summed E-state index contributed by atoms with van der Waals surface area (Å²) in [7, 11) is 0. The van der Waals surface area contributed by atoms with E-state index in [1.807, 2.05) is 12.1 Å². The summed E-state index contributed by atoms with van der Waals surface area (Å²) in [6.07, 6.45) is 16.7. The van der Waals surface area contributed by atoms with Crippen molar-refractivity contribution in [2.24, 2.45) is 0 Å². The van der Waals surface area contributed by atoms with Gasteiger partial charge in [-0.1, -0.05) is 102 Å². The molecule has 0 aliphatic rings. The van der Waals surface area contributed by atoms with Gasteiger partial charge in [-0.05, 0) is 60.6 Å². The van der Waals surface area contributed by atoms with Crippen molar-refractivity contribution in [3.05, 3.63) is 65.2 Å². The Morgan fingerprint density at radius 2 is 1.42 bits per heavy atom. The molecule has 0 fully saturated rings. The Kier molecular flexibility index (Phi) is 12.5. The van der Waals surface area contributed by atoms with Crippen LogP contribution in [0, 0.1) is 0 Å². The smallest absolute Gasteiger partial charge is 0.336 e. The minimum atomic E-state index is -0.993. The summed E-state index contributed by atoms with van der Waals surface area (Å²) in [5.41, 5.74) is 3.29. The Labute approximate surface area is 199 Å². The highest BCUT2D eigenvalue weighted by atomic mass is 19.1. The molecule has 0 bridgehead atoms. The maximum atomic E-state index is 14.8. The Bertz CT molecular complexity index is 867. The van der Waals surface area contributed by atoms with Gasteiger partial charge in [-0.3, -0.25) is 0 Å². The van der Waals surface area contributed by atoms with Crippen molar-refractivity contribution in [2.75, 3.05) is 0 Å². The first-order valence-corrected chi connectivity index (χ1v) is 12.9. The van der Waals surface area contributed by atoms with E-state index in [1.54, 1.807) is 18.2 Å². The van der Waals surface area contributed by atoms with Crippen LogP contribution in [0.3, 0.4) is 0 Å². The Morgan fingerprint density at radius 3 is 2.06 bits per heavy atom. The third kappa shape index (κ3) is 9.53. The highest BCUT2D eigenvalue weighted by Gasteiger charge is 2.14. The Balaban J connectivity index is 2.05. The number of hydrogen-bond donors (Lipinski definition) is 1. The molecule has 0 radical (unpaired) electrons. The third-order valence-electron chi connectivity index (χ3n) is 6.24. The molecule has 0 atom stereocenters. The van der Waals surface area contributed by atoms with E-state index in [2.05, 4.69) is 26.0 Å². The van der Waals surface area contributed by atoms with Crippen molar-refractivity contribution in [3.63, 3.8) is 0 Å². The van der Waals surface area contributed by atoms with Crippen LogP contribution in [-0.2, 0) is 6.42 Å². The molecule has 2 aromatic rings. The van der Waals surface area contributed by atoms with Gasteiger partial charge in [0.05, 0.1) is 5.56 Å². The lowest BCUT2D eigenvalue weighted by Crippen LogP contribution is -2.00. The molecular formula is C30H41FO2. The van der Waals surface area contributed by atoms with Gasteiger partial charge in [0.25, 0.3) is 0 Å². The molecule has 33 heavy (non-hydrogen) atoms. The van der Waals surface area contributed by atoms with Crippen LogP contribution in [0.4, 0.5) is 4.39 Å². The van der Waals surface area contributed by atoms with E-state index in [4.69, 9.17) is 0 Å². The first-order valence-electron chi connectivity index (χ1n) is 12.9. The molecule has 0 spiro atoms. The molecule has 3 heteroatoms. The van der Waals surface area contributed by atoms with Crippen molar-refractivity contribution >= 4 is 11.8 Å². The van der Waals surface area contributed by atoms with Crippen LogP contribution in [0.2, 0.25) is 0 Å². The van der Waals surface area contributed by atoms with Gasteiger partial charge in [0.15, 0.2) is 0 Å². The van der Waals surface area contributed by atoms with Crippen molar-refractivity contribution in [1.29, 1.82) is 0 Å². The SMILES string of the molecule is CCCCCCCC=C(F)c1ccc(C(=O)O)c(-c2ccc(CCCCCCCC)cc2)c1. The number of carboxylic acids is 1. The second-order valence-corrected chi connectivity index (χ2v) is 9.04. The van der Waals surface area contributed by atoms with E-state index in [9.17, 15) is 14.3 Å². The fourth-order valence-electron chi connectivity index (χ4n) is 4.17. The number of halogens is 1. The lowest BCUT2D eigenvalue weighted by atomic mass is 9.95. The zero-order chi connectivity index (χ0) is 23.9. The van der Waals surface area contributed by atoms with Gasteiger partial charge in [0.2, 0.25) is 0 Å². The number of benzene rings is 2. The maximum absolute atomic E-state index is 14.8. The van der Waals surface area contributed by atoms with Crippen LogP contribution in [-0.4, -0.2) is 11.1 Å². The summed E-state index contributed by atoms with van der Waals surface area (Å²) in [5, 5.41) is 9.65. The lowest BCUT2D eigenvalue weighted by Gasteiger charge is -2.10. The van der Waals surface area contributed by atoms with Crippen molar-refractivity contribution in [3.8, 4) is 11.1 Å². The number of aryl methyl sites for hydroxylation is 1. The first-order chi connectivity index (χ1) is 16.1. The molecule has 180 valence electrons. The molecule has 0 aromatic heterocycles. The molecule has 2 aromatic carbocycles. The number of allylic oxidation sites excluding steroid dienone is 1. The molecule has 0 saturated carbocycles. The van der Waals surface area contributed by atoms with Crippen LogP contribution in [0.1, 0.15) is 112 Å². The highest BCUT2D eigenvalue weighted by molar-refractivity contribution is 5.96. The number of rotatable bonds is 16. The molecule has 2 rings (SSSR count). The zero-order valence-electron chi connectivity index (χ0n) is 20.5. The molecule has 2 nitrogen and oxygen atoms in total. The Hall–Kier alpha value is -2.42. The van der Waals surface area contributed by atoms with Crippen LogP contribution in [0.5, 0.6) is 0 Å². The van der Waals surface area contributed by atoms with E-state index >= 15 is 0 Å². The highest BCUT2D eigenvalue weighted by Crippen LogP contribution is 2.29. The summed E-state index contributed by atoms with van der Waals surface area (Å²) < 4.78 is 14.8. The average Bonchev–Trinajstić information content (AvgIpc) is 2.83. The minimum Gasteiger partial charge on any atom is -0.478 e. The van der Waals surface area contributed by atoms with Crippen molar-refractivity contribution < 1.29 is 14.3 Å². The minimum absolute atomic E-state index is 0.204. The molecule has 0 unspecified atom stereocenters. The standard InChI is InChI=1S/C30H41FO2/c1-3-5-7-9-11-13-15-24-17-19-25(20-18-24)28-23-26(21-22-27(28)30(32)33)29(31)16-14-12-10-8-6-4-2/h16-23H,3-15H2,1-2H3,(H,32,33). The number of carboxylic acid groups (broad SMARTS) is 1. The van der Waals surface area contributed by atoms with Crippen LogP contribution in [0.25, 0.3) is 17.0 Å². The summed E-state index contributed by atoms with van der Waals surface area (Å²) in [4.78, 5) is 11.8. The van der Waals surface area contributed by atoms with E-state index in [1.165, 1.54) is 69.4 Å². The molecule has 0 aliphatic heterocycles. The summed E-state index contributed by atoms with van der Waals surface area (Å²) in [5.74, 6) is -1.27. The fourth-order valence-corrected chi connectivity index (χ4v) is 4.17. The van der Waals surface area contributed by atoms with Gasteiger partial charge in [-0.2, -0.15) is 0 Å². The van der Waals surface area contributed by atoms with Gasteiger partial charge in [-0.25, -0.2) is 9.18 Å². The largest absolute Gasteiger partial charge is 0.478 e. The summed E-state index contributed by atoms with van der Waals surface area (Å²) in [6.45, 7) is 4.41. The third-order valence-corrected chi connectivity index (χ3v) is 6.24. The average molecular weight is 453 g/mol. The number of hydrogen-bond acceptors (Lipinski definition) is 1. The van der Waals surface area contributed by atoms with E-state index in [0.717, 1.165) is 24.8 Å². The zero-order valence-corrected chi connectivity index (χ0v) is 20.5. The Morgan fingerprint density at radius 1 is 0.818 bits per heavy atom. The van der Waals surface area contributed by atoms with E-state index < -0.39 is 5.97 Å². The summed E-state index contributed by atoms with van der Waals surface area (Å²) >= 11 is 0. The maximum Gasteiger partial charge on any atom is 0.336 e. The predicted octanol–water partition coefficient (Wildman–Crippen LogP) is 9.63. The second kappa shape index (κ2) is 15.4. The van der Waals surface area contributed by atoms with Crippen LogP contribution < -0.4 is 0 Å². The molecule has 0 aliphatic carbocycles. The van der Waals surface area contributed by atoms with Crippen molar-refractivity contribution in [1.82, 2.24) is 0 Å². The molecule has 1 N–H and O–H groups in total. The van der Waals surface area contributed by atoms with Gasteiger partial charge in [0.1, 0.15) is 5.83 Å². The second-order valence-electron chi connectivity index (χ2n) is 9.04. The van der Waals surface area contributed by atoms with Crippen LogP contribution >= 0.6 is 0 Å². The number of unbranched alkanes of at least 4 members (excludes halogenated alkanes) is 10. The van der Waals surface area contributed by atoms with Gasteiger partial charge >= 0.3 is 5.97 Å². The van der Waals surface area contributed by atoms with Gasteiger partial charge < -0.3 is 5.11 Å². The van der Waals surface area contributed by atoms with Gasteiger partial charge in [-0.15, -0.1) is 0 Å². The van der Waals surface area contributed by atoms with E-state index in [0.29, 0.717) is 17.5 Å². The van der Waals surface area contributed by atoms with Crippen molar-refractivity contribution in [2.45, 2.75) is 97.3 Å². The van der Waals surface area contributed by atoms with E-state index in [-0.39, 0.29) is 11.4 Å².